The van der Waals surface area contributed by atoms with Crippen molar-refractivity contribution in [3.05, 3.63) is 82.9 Å². The number of nitrogens with one attached hydrogen (secondary N) is 1. The molecular weight excluding hydrogens is 465 g/mol. The van der Waals surface area contributed by atoms with Gasteiger partial charge in [0.05, 0.1) is 39.3 Å². The Kier molecular flexibility index (Phi) is 7.31. The first kappa shape index (κ1) is 24.6. The van der Waals surface area contributed by atoms with E-state index in [1.165, 1.54) is 18.4 Å². The fourth-order valence-corrected chi connectivity index (χ4v) is 4.81. The zero-order valence-corrected chi connectivity index (χ0v) is 20.7. The van der Waals surface area contributed by atoms with Crippen molar-refractivity contribution in [1.29, 1.82) is 0 Å². The molecule has 1 aliphatic rings. The lowest BCUT2D eigenvalue weighted by molar-refractivity contribution is -0.116. The van der Waals surface area contributed by atoms with Crippen molar-refractivity contribution in [3.8, 4) is 11.4 Å². The molecule has 8 heteroatoms. The molecule has 0 fully saturated rings. The molecule has 1 aliphatic carbocycles. The van der Waals surface area contributed by atoms with Gasteiger partial charge in [0.25, 0.3) is 5.91 Å². The Morgan fingerprint density at radius 1 is 1.23 bits per heavy atom. The number of allylic oxidation sites excluding steroid dienone is 2. The van der Waals surface area contributed by atoms with Gasteiger partial charge in [0, 0.05) is 17.4 Å². The highest BCUT2D eigenvalue weighted by atomic mass is 32.2. The van der Waals surface area contributed by atoms with E-state index in [4.69, 9.17) is 0 Å². The van der Waals surface area contributed by atoms with Crippen LogP contribution in [0.2, 0.25) is 0 Å². The average Bonchev–Trinajstić information content (AvgIpc) is 3.15. The number of benzene rings is 2. The SMILES string of the molecule is CCC1=Cc2c(cnn2-c2ccc(F)cc2)C(C(=O)NC(CC)c2ccc(S(C)=O)c(O)c2)=CC1. The van der Waals surface area contributed by atoms with Crippen LogP contribution < -0.4 is 5.32 Å². The van der Waals surface area contributed by atoms with Crippen molar-refractivity contribution in [3.63, 3.8) is 0 Å². The zero-order chi connectivity index (χ0) is 25.1. The largest absolute Gasteiger partial charge is 0.507 e. The highest BCUT2D eigenvalue weighted by Gasteiger charge is 2.24. The molecule has 35 heavy (non-hydrogen) atoms. The number of halogens is 1. The van der Waals surface area contributed by atoms with Crippen LogP contribution in [0.5, 0.6) is 5.75 Å². The van der Waals surface area contributed by atoms with E-state index in [1.54, 1.807) is 41.2 Å². The van der Waals surface area contributed by atoms with Crippen LogP contribution in [0.1, 0.15) is 56.0 Å². The van der Waals surface area contributed by atoms with Gasteiger partial charge in [-0.2, -0.15) is 5.10 Å². The molecule has 6 nitrogen and oxygen atoms in total. The van der Waals surface area contributed by atoms with Gasteiger partial charge in [0.2, 0.25) is 0 Å². The minimum Gasteiger partial charge on any atom is -0.507 e. The minimum atomic E-state index is -1.31. The number of carbonyl (C=O) groups is 1. The van der Waals surface area contributed by atoms with E-state index in [9.17, 15) is 18.5 Å². The number of amides is 1. The average molecular weight is 494 g/mol. The summed E-state index contributed by atoms with van der Waals surface area (Å²) in [4.78, 5) is 13.9. The second kappa shape index (κ2) is 10.4. The number of aromatic nitrogens is 2. The van der Waals surface area contributed by atoms with Crippen molar-refractivity contribution in [2.24, 2.45) is 0 Å². The lowest BCUT2D eigenvalue weighted by atomic mass is 10.0. The lowest BCUT2D eigenvalue weighted by Gasteiger charge is -2.19. The van der Waals surface area contributed by atoms with Gasteiger partial charge in [-0.25, -0.2) is 9.07 Å². The van der Waals surface area contributed by atoms with Gasteiger partial charge < -0.3 is 10.4 Å². The first-order chi connectivity index (χ1) is 16.8. The van der Waals surface area contributed by atoms with Crippen molar-refractivity contribution in [2.45, 2.75) is 44.0 Å². The summed E-state index contributed by atoms with van der Waals surface area (Å²) in [5.41, 5.74) is 4.57. The molecule has 2 atom stereocenters. The third-order valence-corrected chi connectivity index (χ3v) is 7.15. The van der Waals surface area contributed by atoms with E-state index in [0.29, 0.717) is 34.6 Å². The molecule has 0 spiro atoms. The molecule has 2 unspecified atom stereocenters. The molecule has 1 heterocycles. The maximum Gasteiger partial charge on any atom is 0.252 e. The number of carbonyl (C=O) groups excluding carboxylic acids is 1. The molecule has 2 N–H and O–H groups in total. The van der Waals surface area contributed by atoms with Gasteiger partial charge in [-0.15, -0.1) is 0 Å². The Balaban J connectivity index is 1.67. The van der Waals surface area contributed by atoms with Crippen molar-refractivity contribution >= 4 is 28.4 Å². The molecule has 1 aromatic heterocycles. The number of hydrogen-bond acceptors (Lipinski definition) is 4. The number of phenols is 1. The van der Waals surface area contributed by atoms with Gasteiger partial charge in [-0.05, 0) is 67.3 Å². The third-order valence-electron chi connectivity index (χ3n) is 6.18. The number of phenolic OH excluding ortho intramolecular Hbond substituents is 1. The molecule has 0 saturated heterocycles. The highest BCUT2D eigenvalue weighted by Crippen LogP contribution is 2.32. The van der Waals surface area contributed by atoms with E-state index >= 15 is 0 Å². The summed E-state index contributed by atoms with van der Waals surface area (Å²) < 4.78 is 26.9. The van der Waals surface area contributed by atoms with Gasteiger partial charge >= 0.3 is 0 Å². The summed E-state index contributed by atoms with van der Waals surface area (Å²) in [6, 6.07) is 10.7. The van der Waals surface area contributed by atoms with Crippen LogP contribution in [-0.2, 0) is 15.6 Å². The van der Waals surface area contributed by atoms with Crippen LogP contribution in [0.4, 0.5) is 4.39 Å². The number of nitrogens with zero attached hydrogens (tertiary/aromatic N) is 2. The summed E-state index contributed by atoms with van der Waals surface area (Å²) in [6.07, 6.45) is 9.19. The Morgan fingerprint density at radius 3 is 2.60 bits per heavy atom. The molecule has 0 bridgehead atoms. The van der Waals surface area contributed by atoms with Crippen molar-refractivity contribution in [2.75, 3.05) is 6.26 Å². The zero-order valence-electron chi connectivity index (χ0n) is 19.9. The number of fused-ring (bicyclic) bond motifs is 1. The molecule has 182 valence electrons. The quantitative estimate of drug-likeness (QED) is 0.468. The molecule has 0 radical (unpaired) electrons. The molecule has 0 saturated carbocycles. The van der Waals surface area contributed by atoms with Crippen LogP contribution >= 0.6 is 0 Å². The van der Waals surface area contributed by atoms with Gasteiger partial charge in [-0.1, -0.05) is 31.6 Å². The smallest absolute Gasteiger partial charge is 0.252 e. The lowest BCUT2D eigenvalue weighted by Crippen LogP contribution is -2.29. The molecule has 0 aliphatic heterocycles. The molecule has 2 aromatic carbocycles. The van der Waals surface area contributed by atoms with Crippen LogP contribution in [0.3, 0.4) is 0 Å². The van der Waals surface area contributed by atoms with Crippen LogP contribution in [-0.4, -0.2) is 31.3 Å². The fourth-order valence-electron chi connectivity index (χ4n) is 4.20. The molecule has 4 rings (SSSR count). The summed E-state index contributed by atoms with van der Waals surface area (Å²) in [7, 11) is -1.31. The van der Waals surface area contributed by atoms with Crippen LogP contribution in [0, 0.1) is 5.82 Å². The van der Waals surface area contributed by atoms with E-state index in [1.807, 2.05) is 19.1 Å². The van der Waals surface area contributed by atoms with E-state index in [2.05, 4.69) is 17.3 Å². The number of rotatable bonds is 7. The third kappa shape index (κ3) is 5.12. The minimum absolute atomic E-state index is 0.0515. The Labute approximate surface area is 206 Å². The first-order valence-electron chi connectivity index (χ1n) is 11.5. The second-order valence-electron chi connectivity index (χ2n) is 8.43. The maximum atomic E-state index is 13.5. The van der Waals surface area contributed by atoms with E-state index < -0.39 is 10.8 Å². The predicted molar refractivity (Wildman–Crippen MR) is 136 cm³/mol. The van der Waals surface area contributed by atoms with Crippen LogP contribution in [0.25, 0.3) is 17.3 Å². The van der Waals surface area contributed by atoms with E-state index in [-0.39, 0.29) is 23.5 Å². The van der Waals surface area contributed by atoms with Crippen molar-refractivity contribution in [1.82, 2.24) is 15.1 Å². The topological polar surface area (TPSA) is 84.2 Å². The predicted octanol–water partition coefficient (Wildman–Crippen LogP) is 5.30. The van der Waals surface area contributed by atoms with Crippen molar-refractivity contribution < 1.29 is 18.5 Å². The van der Waals surface area contributed by atoms with Gasteiger partial charge in [-0.3, -0.25) is 9.00 Å². The van der Waals surface area contributed by atoms with Crippen LogP contribution in [0.15, 0.2) is 65.2 Å². The highest BCUT2D eigenvalue weighted by molar-refractivity contribution is 7.84. The molecule has 3 aromatic rings. The standard InChI is InChI=1S/C27H28FN3O3S/c1-4-17-6-12-21(22-16-29-31(24(22)14-17)20-10-8-19(28)9-11-20)27(33)30-23(5-2)18-7-13-26(35(3)34)25(32)15-18/h7-16,23,32H,4-6H2,1-3H3,(H,30,33). The summed E-state index contributed by atoms with van der Waals surface area (Å²) in [5, 5.41) is 17.9. The summed E-state index contributed by atoms with van der Waals surface area (Å²) >= 11 is 0. The molecular formula is C27H28FN3O3S. The Bertz CT molecular complexity index is 1340. The molecule has 1 amide bonds. The summed E-state index contributed by atoms with van der Waals surface area (Å²) in [5.74, 6) is -0.624. The maximum absolute atomic E-state index is 13.5. The van der Waals surface area contributed by atoms with E-state index in [0.717, 1.165) is 23.3 Å². The number of aromatic hydroxyl groups is 1. The monoisotopic (exact) mass is 493 g/mol. The Hall–Kier alpha value is -3.52. The summed E-state index contributed by atoms with van der Waals surface area (Å²) in [6.45, 7) is 4.01. The first-order valence-corrected chi connectivity index (χ1v) is 13.1. The Morgan fingerprint density at radius 2 is 1.97 bits per heavy atom. The second-order valence-corrected chi connectivity index (χ2v) is 9.77. The number of hydrogen-bond donors (Lipinski definition) is 2. The van der Waals surface area contributed by atoms with Gasteiger partial charge in [0.1, 0.15) is 11.6 Å². The van der Waals surface area contributed by atoms with Gasteiger partial charge in [0.15, 0.2) is 0 Å². The normalized spacial score (nSPS) is 14.9. The fraction of sp³-hybridized carbons (Fsp3) is 0.259.